The molecule has 124 valence electrons. The summed E-state index contributed by atoms with van der Waals surface area (Å²) in [4.78, 5) is 16.9. The minimum absolute atomic E-state index is 0.0206. The van der Waals surface area contributed by atoms with E-state index < -0.39 is 0 Å². The summed E-state index contributed by atoms with van der Waals surface area (Å²) in [7, 11) is 1.54. The molecule has 0 N–H and O–H groups in total. The molecule has 0 atom stereocenters. The van der Waals surface area contributed by atoms with E-state index in [9.17, 15) is 4.79 Å². The molecule has 0 saturated heterocycles. The summed E-state index contributed by atoms with van der Waals surface area (Å²) in [5.41, 5.74) is 1.31. The fourth-order valence-electron chi connectivity index (χ4n) is 2.22. The predicted molar refractivity (Wildman–Crippen MR) is 91.9 cm³/mol. The molecule has 0 spiro atoms. The van der Waals surface area contributed by atoms with Gasteiger partial charge in [0, 0.05) is 5.56 Å². The molecule has 1 aromatic carbocycles. The first kappa shape index (κ1) is 16.3. The summed E-state index contributed by atoms with van der Waals surface area (Å²) >= 11 is 1.57. The molecule has 6 heteroatoms. The highest BCUT2D eigenvalue weighted by Crippen LogP contribution is 2.30. The largest absolute Gasteiger partial charge is 0.493 e. The van der Waals surface area contributed by atoms with Crippen LogP contribution in [0.4, 0.5) is 0 Å². The van der Waals surface area contributed by atoms with Crippen LogP contribution in [0.2, 0.25) is 0 Å². The number of ketones is 1. The molecule has 0 bridgehead atoms. The Balaban J connectivity index is 1.77. The maximum Gasteiger partial charge on any atom is 0.236 e. The number of rotatable bonds is 6. The van der Waals surface area contributed by atoms with E-state index in [1.165, 1.54) is 6.92 Å². The van der Waals surface area contributed by atoms with Crippen LogP contribution in [0.1, 0.15) is 28.7 Å². The maximum absolute atomic E-state index is 11.4. The Kier molecular flexibility index (Phi) is 4.66. The van der Waals surface area contributed by atoms with Crippen molar-refractivity contribution < 1.29 is 18.7 Å². The van der Waals surface area contributed by atoms with Crippen molar-refractivity contribution in [1.82, 2.24) is 4.98 Å². The van der Waals surface area contributed by atoms with Crippen molar-refractivity contribution >= 4 is 17.1 Å². The Labute approximate surface area is 143 Å². The van der Waals surface area contributed by atoms with Crippen LogP contribution in [-0.2, 0) is 6.61 Å². The van der Waals surface area contributed by atoms with Crippen molar-refractivity contribution in [2.75, 3.05) is 7.11 Å². The van der Waals surface area contributed by atoms with Gasteiger partial charge in [-0.05, 0) is 43.5 Å². The molecule has 24 heavy (non-hydrogen) atoms. The van der Waals surface area contributed by atoms with Crippen molar-refractivity contribution in [3.8, 4) is 22.3 Å². The number of nitrogens with zero attached hydrogens (tertiary/aromatic N) is 1. The summed E-state index contributed by atoms with van der Waals surface area (Å²) in [6.45, 7) is 3.63. The second-order valence-corrected chi connectivity index (χ2v) is 6.16. The number of thiophene rings is 1. The average Bonchev–Trinajstić information content (AvgIpc) is 3.22. The van der Waals surface area contributed by atoms with E-state index in [1.54, 1.807) is 36.6 Å². The molecular formula is C18H17NO4S. The first-order valence-electron chi connectivity index (χ1n) is 7.40. The molecule has 2 aromatic heterocycles. The Morgan fingerprint density at radius 2 is 2.12 bits per heavy atom. The molecule has 2 heterocycles. The fraction of sp³-hybridized carbons (Fsp3) is 0.222. The molecule has 0 fully saturated rings. The lowest BCUT2D eigenvalue weighted by atomic mass is 10.1. The topological polar surface area (TPSA) is 61.6 Å². The number of Topliss-reactive ketones (excluding diaryl/α,β-unsaturated/α-hetero) is 1. The van der Waals surface area contributed by atoms with Crippen LogP contribution in [0.15, 0.2) is 40.1 Å². The number of oxazole rings is 1. The third kappa shape index (κ3) is 3.33. The van der Waals surface area contributed by atoms with E-state index in [2.05, 4.69) is 4.98 Å². The highest BCUT2D eigenvalue weighted by atomic mass is 32.1. The summed E-state index contributed by atoms with van der Waals surface area (Å²) in [5.74, 6) is 2.37. The van der Waals surface area contributed by atoms with E-state index in [0.717, 1.165) is 16.3 Å². The lowest BCUT2D eigenvalue weighted by Gasteiger charge is -2.10. The number of benzene rings is 1. The average molecular weight is 343 g/mol. The maximum atomic E-state index is 11.4. The highest BCUT2D eigenvalue weighted by molar-refractivity contribution is 7.13. The van der Waals surface area contributed by atoms with Crippen LogP contribution < -0.4 is 9.47 Å². The molecule has 5 nitrogen and oxygen atoms in total. The van der Waals surface area contributed by atoms with Crippen LogP contribution in [0.5, 0.6) is 11.5 Å². The van der Waals surface area contributed by atoms with Gasteiger partial charge in [-0.2, -0.15) is 0 Å². The van der Waals surface area contributed by atoms with Gasteiger partial charge in [0.1, 0.15) is 18.1 Å². The third-order valence-corrected chi connectivity index (χ3v) is 4.42. The highest BCUT2D eigenvalue weighted by Gasteiger charge is 2.14. The molecule has 0 saturated carbocycles. The van der Waals surface area contributed by atoms with Crippen LogP contribution in [-0.4, -0.2) is 17.9 Å². The molecule has 0 unspecified atom stereocenters. The smallest absolute Gasteiger partial charge is 0.236 e. The number of hydrogen-bond donors (Lipinski definition) is 0. The van der Waals surface area contributed by atoms with Crippen LogP contribution >= 0.6 is 11.3 Å². The van der Waals surface area contributed by atoms with Gasteiger partial charge in [-0.15, -0.1) is 11.3 Å². The minimum atomic E-state index is -0.0206. The molecule has 0 aliphatic carbocycles. The summed E-state index contributed by atoms with van der Waals surface area (Å²) < 4.78 is 16.8. The fourth-order valence-corrected chi connectivity index (χ4v) is 2.87. The number of ether oxygens (including phenoxy) is 2. The van der Waals surface area contributed by atoms with Crippen molar-refractivity contribution in [1.29, 1.82) is 0 Å². The number of carbonyl (C=O) groups excluding carboxylic acids is 1. The zero-order chi connectivity index (χ0) is 17.1. The zero-order valence-electron chi connectivity index (χ0n) is 13.7. The van der Waals surface area contributed by atoms with Crippen molar-refractivity contribution in [3.05, 3.63) is 52.7 Å². The van der Waals surface area contributed by atoms with Crippen LogP contribution in [0.3, 0.4) is 0 Å². The second kappa shape index (κ2) is 6.88. The molecule has 3 rings (SSSR count). The number of aryl methyl sites for hydroxylation is 1. The standard InChI is InChI=1S/C18H17NO4S/c1-11(20)13-6-7-15(16(9-13)21-3)22-10-14-12(2)23-18(19-14)17-5-4-8-24-17/h4-9H,10H2,1-3H3. The Morgan fingerprint density at radius 3 is 2.79 bits per heavy atom. The molecule has 0 radical (unpaired) electrons. The van der Waals surface area contributed by atoms with Crippen LogP contribution in [0.25, 0.3) is 10.8 Å². The number of methoxy groups -OCH3 is 1. The number of aromatic nitrogens is 1. The first-order valence-corrected chi connectivity index (χ1v) is 8.28. The first-order chi connectivity index (χ1) is 11.6. The van der Waals surface area contributed by atoms with Gasteiger partial charge in [0.25, 0.3) is 0 Å². The van der Waals surface area contributed by atoms with E-state index in [4.69, 9.17) is 13.9 Å². The van der Waals surface area contributed by atoms with Gasteiger partial charge in [0.05, 0.1) is 12.0 Å². The Bertz CT molecular complexity index is 852. The van der Waals surface area contributed by atoms with Gasteiger partial charge >= 0.3 is 0 Å². The van der Waals surface area contributed by atoms with Gasteiger partial charge in [0.2, 0.25) is 5.89 Å². The SMILES string of the molecule is COc1cc(C(C)=O)ccc1OCc1nc(-c2cccs2)oc1C. The molecule has 0 amide bonds. The second-order valence-electron chi connectivity index (χ2n) is 5.21. The van der Waals surface area contributed by atoms with Gasteiger partial charge in [0.15, 0.2) is 17.3 Å². The third-order valence-electron chi connectivity index (χ3n) is 3.56. The van der Waals surface area contributed by atoms with Gasteiger partial charge in [-0.1, -0.05) is 6.07 Å². The monoisotopic (exact) mass is 343 g/mol. The zero-order valence-corrected chi connectivity index (χ0v) is 14.5. The van der Waals surface area contributed by atoms with Gasteiger partial charge in [-0.25, -0.2) is 4.98 Å². The Hall–Kier alpha value is -2.60. The molecule has 0 aliphatic heterocycles. The predicted octanol–water partition coefficient (Wildman–Crippen LogP) is 4.50. The van der Waals surface area contributed by atoms with Crippen molar-refractivity contribution in [2.24, 2.45) is 0 Å². The van der Waals surface area contributed by atoms with Gasteiger partial charge < -0.3 is 13.9 Å². The summed E-state index contributed by atoms with van der Waals surface area (Å²) in [6, 6.07) is 9.03. The number of hydrogen-bond acceptors (Lipinski definition) is 6. The Morgan fingerprint density at radius 1 is 1.29 bits per heavy atom. The van der Waals surface area contributed by atoms with E-state index >= 15 is 0 Å². The normalized spacial score (nSPS) is 10.6. The van der Waals surface area contributed by atoms with Crippen molar-refractivity contribution in [3.63, 3.8) is 0 Å². The molecular weight excluding hydrogens is 326 g/mol. The van der Waals surface area contributed by atoms with E-state index in [-0.39, 0.29) is 12.4 Å². The lowest BCUT2D eigenvalue weighted by Crippen LogP contribution is -2.01. The minimum Gasteiger partial charge on any atom is -0.493 e. The van der Waals surface area contributed by atoms with E-state index in [0.29, 0.717) is 23.0 Å². The molecule has 0 aliphatic rings. The summed E-state index contributed by atoms with van der Waals surface area (Å²) in [6.07, 6.45) is 0. The lowest BCUT2D eigenvalue weighted by molar-refractivity contribution is 0.101. The van der Waals surface area contributed by atoms with Crippen LogP contribution in [0, 0.1) is 6.92 Å². The number of carbonyl (C=O) groups is 1. The van der Waals surface area contributed by atoms with Gasteiger partial charge in [-0.3, -0.25) is 4.79 Å². The van der Waals surface area contributed by atoms with Crippen molar-refractivity contribution in [2.45, 2.75) is 20.5 Å². The molecule has 3 aromatic rings. The quantitative estimate of drug-likeness (QED) is 0.617. The van der Waals surface area contributed by atoms with E-state index in [1.807, 2.05) is 24.4 Å². The summed E-state index contributed by atoms with van der Waals surface area (Å²) in [5, 5.41) is 1.98.